The lowest BCUT2D eigenvalue weighted by Crippen LogP contribution is -2.17. The van der Waals surface area contributed by atoms with Crippen LogP contribution in [0.2, 0.25) is 0 Å². The molecule has 0 fully saturated rings. The molecule has 694 valence electrons. The highest BCUT2D eigenvalue weighted by molar-refractivity contribution is 7.25. The van der Waals surface area contributed by atoms with Gasteiger partial charge in [-0.2, -0.15) is 0 Å². The van der Waals surface area contributed by atoms with Crippen LogP contribution in [0, 0.1) is 0 Å². The van der Waals surface area contributed by atoms with Crippen molar-refractivity contribution in [2.45, 2.75) is 57.8 Å². The summed E-state index contributed by atoms with van der Waals surface area (Å²) in [5.41, 5.74) is 38.1. The van der Waals surface area contributed by atoms with Gasteiger partial charge in [0.15, 0.2) is 17.5 Å². The summed E-state index contributed by atoms with van der Waals surface area (Å²) in [4.78, 5) is 31.8. The minimum atomic E-state index is -0.268. The van der Waals surface area contributed by atoms with Crippen LogP contribution >= 0.6 is 11.3 Å². The molecular weight excluding hydrogens is 1810 g/mol. The zero-order valence-electron chi connectivity index (χ0n) is 81.5. The molecule has 0 N–H and O–H groups in total. The van der Waals surface area contributed by atoms with Crippen molar-refractivity contribution in [1.82, 2.24) is 48.2 Å². The van der Waals surface area contributed by atoms with Gasteiger partial charge in [0.1, 0.15) is 11.2 Å². The lowest BCUT2D eigenvalue weighted by atomic mass is 9.81. The van der Waals surface area contributed by atoms with Crippen LogP contribution in [0.3, 0.4) is 0 Å². The molecule has 0 spiro atoms. The summed E-state index contributed by atoms with van der Waals surface area (Å²) in [6.07, 6.45) is 0. The molecule has 0 atom stereocenters. The van der Waals surface area contributed by atoms with E-state index in [4.69, 9.17) is 34.3 Å². The number of furan rings is 1. The molecule has 12 heteroatoms. The van der Waals surface area contributed by atoms with E-state index in [1.54, 1.807) is 0 Å². The summed E-state index contributed by atoms with van der Waals surface area (Å²) in [7, 11) is 0. The van der Waals surface area contributed by atoms with E-state index in [0.29, 0.717) is 0 Å². The molecule has 0 amide bonds. The molecule has 3 aliphatic rings. The fourth-order valence-corrected chi connectivity index (χ4v) is 25.6. The van der Waals surface area contributed by atoms with Crippen LogP contribution in [0.15, 0.2) is 453 Å². The minimum Gasteiger partial charge on any atom is -0.456 e. The Morgan fingerprint density at radius 3 is 0.891 bits per heavy atom. The number of hydrogen-bond acceptors (Lipinski definition) is 8. The van der Waals surface area contributed by atoms with Gasteiger partial charge >= 0.3 is 0 Å². The van der Waals surface area contributed by atoms with E-state index in [0.717, 1.165) is 141 Å². The van der Waals surface area contributed by atoms with Gasteiger partial charge in [0.25, 0.3) is 0 Å². The third-order valence-electron chi connectivity index (χ3n) is 31.2. The van der Waals surface area contributed by atoms with Crippen LogP contribution in [0.25, 0.3) is 254 Å². The number of hydrogen-bond donors (Lipinski definition) is 0. The van der Waals surface area contributed by atoms with Crippen LogP contribution in [0.5, 0.6) is 0 Å². The number of fused-ring (bicyclic) bond motifs is 27. The van der Waals surface area contributed by atoms with Crippen molar-refractivity contribution in [2.75, 3.05) is 0 Å². The number of rotatable bonds is 10. The Balaban J connectivity index is 0.000000104. The lowest BCUT2D eigenvalue weighted by molar-refractivity contribution is 0.657. The molecule has 19 aromatic carbocycles. The van der Waals surface area contributed by atoms with E-state index in [9.17, 15) is 0 Å². The summed E-state index contributed by atoms with van der Waals surface area (Å²) < 4.78 is 18.6. The van der Waals surface area contributed by atoms with E-state index in [1.807, 2.05) is 53.8 Å². The largest absolute Gasteiger partial charge is 0.456 e. The zero-order valence-corrected chi connectivity index (χ0v) is 82.3. The van der Waals surface area contributed by atoms with Crippen molar-refractivity contribution in [2.24, 2.45) is 0 Å². The maximum Gasteiger partial charge on any atom is 0.160 e. The summed E-state index contributed by atoms with van der Waals surface area (Å²) in [5.74, 6) is 2.23. The Bertz CT molecular complexity index is 9990. The van der Waals surface area contributed by atoms with Crippen LogP contribution in [0.1, 0.15) is 74.9 Å². The SMILES string of the molecule is CC1(C)c2ccccc2-c2nc(-c3ccccc3)nc(-c3cccc(-n4c5ccccc5c5cc6c(cc54)oc4ccccc46)c3)c21.CC1(C)c2ccccc2-c2nc(-c3ccccc3)nc(-c3cccc(-n4c5ccccc5c5cc6c(cc54)sc4ccccc46)c3)c21.CC1(C)c2ccccc2-c2nc(-c3ccccc3)nc(-c3cccc(-n4c5ccccc5c5cc6c7ccccc7n(-c7ccccc7)c6cc54)c3)c21. The number of aromatic nitrogens is 10. The first-order chi connectivity index (χ1) is 72.2. The Morgan fingerprint density at radius 2 is 0.483 bits per heavy atom. The minimum absolute atomic E-state index is 0.244. The molecule has 11 nitrogen and oxygen atoms in total. The predicted octanol–water partition coefficient (Wildman–Crippen LogP) is 35.0. The fraction of sp³-hybridized carbons (Fsp3) is 0.0667. The van der Waals surface area contributed by atoms with Gasteiger partial charge in [0.05, 0.1) is 78.3 Å². The van der Waals surface area contributed by atoms with Crippen molar-refractivity contribution in [3.8, 4) is 124 Å². The molecule has 9 aromatic heterocycles. The molecule has 3 aliphatic carbocycles. The van der Waals surface area contributed by atoms with E-state index >= 15 is 0 Å². The third-order valence-corrected chi connectivity index (χ3v) is 32.4. The number of nitrogens with zero attached hydrogens (tertiary/aromatic N) is 10. The van der Waals surface area contributed by atoms with Gasteiger partial charge in [-0.05, 0) is 132 Å². The van der Waals surface area contributed by atoms with Gasteiger partial charge in [-0.1, -0.05) is 369 Å². The lowest BCUT2D eigenvalue weighted by Gasteiger charge is -2.24. The second-order valence-electron chi connectivity index (χ2n) is 40.7. The van der Waals surface area contributed by atoms with Crippen LogP contribution in [-0.4, -0.2) is 48.2 Å². The van der Waals surface area contributed by atoms with Crippen molar-refractivity contribution in [1.29, 1.82) is 0 Å². The number of benzene rings is 19. The maximum atomic E-state index is 6.37. The van der Waals surface area contributed by atoms with Crippen molar-refractivity contribution >= 4 is 141 Å². The summed E-state index contributed by atoms with van der Waals surface area (Å²) in [5, 5.41) is 14.8. The summed E-state index contributed by atoms with van der Waals surface area (Å²) >= 11 is 1.87. The van der Waals surface area contributed by atoms with Gasteiger partial charge in [0.2, 0.25) is 0 Å². The van der Waals surface area contributed by atoms with Crippen molar-refractivity contribution < 1.29 is 4.42 Å². The van der Waals surface area contributed by atoms with Gasteiger partial charge < -0.3 is 22.7 Å². The molecule has 147 heavy (non-hydrogen) atoms. The molecule has 0 unspecified atom stereocenters. The predicted molar refractivity (Wildman–Crippen MR) is 609 cm³/mol. The summed E-state index contributed by atoms with van der Waals surface area (Å²) in [6, 6.07) is 160. The van der Waals surface area contributed by atoms with E-state index in [1.165, 1.54) is 146 Å². The number of para-hydroxylation sites is 6. The topological polar surface area (TPSA) is 110 Å². The average Bonchev–Trinajstić information content (AvgIpc) is 1.57. The third kappa shape index (κ3) is 13.2. The second kappa shape index (κ2) is 32.8. The van der Waals surface area contributed by atoms with Crippen molar-refractivity contribution in [3.63, 3.8) is 0 Å². The highest BCUT2D eigenvalue weighted by Crippen LogP contribution is 2.57. The molecule has 0 bridgehead atoms. The molecule has 9 heterocycles. The first kappa shape index (κ1) is 85.4. The molecule has 0 aliphatic heterocycles. The van der Waals surface area contributed by atoms with Gasteiger partial charge in [-0.15, -0.1) is 11.3 Å². The van der Waals surface area contributed by atoms with Crippen LogP contribution in [0.4, 0.5) is 0 Å². The molecule has 28 aromatic rings. The quantitative estimate of drug-likeness (QED) is 0.134. The second-order valence-corrected chi connectivity index (χ2v) is 41.8. The Labute approximate surface area is 851 Å². The molecule has 0 saturated heterocycles. The first-order valence-electron chi connectivity index (χ1n) is 50.5. The van der Waals surface area contributed by atoms with E-state index in [-0.39, 0.29) is 16.2 Å². The number of thiophene rings is 1. The Hall–Kier alpha value is -18.4. The zero-order chi connectivity index (χ0) is 97.8. The molecule has 31 rings (SSSR count). The monoisotopic (exact) mass is 1900 g/mol. The Kier molecular flexibility index (Phi) is 19.1. The van der Waals surface area contributed by atoms with Gasteiger partial charge in [-0.3, -0.25) is 0 Å². The average molecular weight is 1900 g/mol. The van der Waals surface area contributed by atoms with Gasteiger partial charge in [0, 0.05) is 186 Å². The highest BCUT2D eigenvalue weighted by Gasteiger charge is 2.44. The van der Waals surface area contributed by atoms with Crippen LogP contribution in [-0.2, 0) is 16.2 Å². The maximum absolute atomic E-state index is 6.37. The summed E-state index contributed by atoms with van der Waals surface area (Å²) in [6.45, 7) is 13.8. The normalized spacial score (nSPS) is 13.4. The van der Waals surface area contributed by atoms with Gasteiger partial charge in [-0.25, -0.2) is 29.9 Å². The smallest absolute Gasteiger partial charge is 0.160 e. The fourth-order valence-electron chi connectivity index (χ4n) is 24.5. The highest BCUT2D eigenvalue weighted by atomic mass is 32.1. The molecular formula is C135H92N10OS. The first-order valence-corrected chi connectivity index (χ1v) is 51.3. The van der Waals surface area contributed by atoms with E-state index < -0.39 is 0 Å². The standard InChI is InChI=1S/C49H34N4.C43H29N3O.C43H29N3S/c1-49(2)40-25-12-9-24-37(40)47-45(49)46(50-48(51-47)31-16-5-3-6-17-31)32-18-15-21-34(28-32)53-42-27-14-11-23-36(42)39-29-38-35-22-10-13-26-41(35)52(43(38)30-44(39)53)33-19-7-4-8-20-33;2*1-43(2)34-20-9-6-19-31(34)41-39(43)40(44-42(45-41)26-13-4-3-5-14-26)27-15-12-16-28(23-27)46-35-21-10-7-17-29(35)32-24-33-30-18-8-11-22-37(30)47-38(33)25-36(32)46/h3-30H,1-2H3;2*3-25H,1-2H3. The van der Waals surface area contributed by atoms with Crippen LogP contribution < -0.4 is 0 Å². The van der Waals surface area contributed by atoms with Crippen molar-refractivity contribution in [3.05, 3.63) is 482 Å². The molecule has 0 saturated carbocycles. The molecule has 0 radical (unpaired) electrons. The van der Waals surface area contributed by atoms with E-state index in [2.05, 4.69) is 466 Å². The Morgan fingerprint density at radius 1 is 0.190 bits per heavy atom.